The molecule has 138 valence electrons. The fourth-order valence-electron chi connectivity index (χ4n) is 3.25. The summed E-state index contributed by atoms with van der Waals surface area (Å²) < 4.78 is 14.5. The summed E-state index contributed by atoms with van der Waals surface area (Å²) in [6.07, 6.45) is 3.88. The molecule has 1 aromatic carbocycles. The zero-order valence-corrected chi connectivity index (χ0v) is 14.8. The van der Waals surface area contributed by atoms with Crippen molar-refractivity contribution in [1.29, 1.82) is 0 Å². The smallest absolute Gasteiger partial charge is 0.252 e. The van der Waals surface area contributed by atoms with Crippen molar-refractivity contribution < 1.29 is 9.18 Å². The molecule has 1 aliphatic rings. The van der Waals surface area contributed by atoms with Crippen molar-refractivity contribution >= 4 is 23.2 Å². The average Bonchev–Trinajstić information content (AvgIpc) is 2.59. The van der Waals surface area contributed by atoms with Crippen molar-refractivity contribution in [1.82, 2.24) is 4.98 Å². The van der Waals surface area contributed by atoms with E-state index in [9.17, 15) is 9.18 Å². The maximum absolute atomic E-state index is 14.5. The van der Waals surface area contributed by atoms with Gasteiger partial charge in [-0.1, -0.05) is 25.0 Å². The molecule has 0 spiro atoms. The number of anilines is 3. The molecule has 1 aromatic heterocycles. The minimum atomic E-state index is -0.743. The highest BCUT2D eigenvalue weighted by Gasteiger charge is 2.24. The lowest BCUT2D eigenvalue weighted by molar-refractivity contribution is 0.100. The van der Waals surface area contributed by atoms with Crippen LogP contribution in [0.4, 0.5) is 21.7 Å². The van der Waals surface area contributed by atoms with Gasteiger partial charge < -0.3 is 22.1 Å². The Bertz CT molecular complexity index is 811. The molecule has 0 unspecified atom stereocenters. The fraction of sp³-hybridized carbons (Fsp3) is 0.368. The Balaban J connectivity index is 1.92. The SMILES string of the molecule is Cc1cccc(Nc2nc(N[C@@H]3CCCC[C@@H]3N)c(F)cc2C(N)=O)c1. The number of halogens is 1. The number of benzene rings is 1. The minimum absolute atomic E-state index is 0.00231. The number of amides is 1. The highest BCUT2D eigenvalue weighted by Crippen LogP contribution is 2.26. The van der Waals surface area contributed by atoms with Crippen LogP contribution >= 0.6 is 0 Å². The Hall–Kier alpha value is -2.67. The Morgan fingerprint density at radius 2 is 2.00 bits per heavy atom. The van der Waals surface area contributed by atoms with Gasteiger partial charge in [0.15, 0.2) is 11.6 Å². The van der Waals surface area contributed by atoms with E-state index in [0.717, 1.165) is 43.0 Å². The van der Waals surface area contributed by atoms with Crippen LogP contribution in [0.1, 0.15) is 41.6 Å². The maximum Gasteiger partial charge on any atom is 0.252 e. The van der Waals surface area contributed by atoms with Crippen molar-refractivity contribution in [2.45, 2.75) is 44.7 Å². The highest BCUT2D eigenvalue weighted by molar-refractivity contribution is 5.98. The number of primary amides is 1. The van der Waals surface area contributed by atoms with Crippen LogP contribution in [-0.4, -0.2) is 23.0 Å². The second-order valence-electron chi connectivity index (χ2n) is 6.77. The van der Waals surface area contributed by atoms with Gasteiger partial charge in [-0.05, 0) is 43.5 Å². The van der Waals surface area contributed by atoms with Crippen molar-refractivity contribution in [3.63, 3.8) is 0 Å². The molecular formula is C19H24FN5O. The molecular weight excluding hydrogens is 333 g/mol. The fourth-order valence-corrected chi connectivity index (χ4v) is 3.25. The molecule has 1 saturated carbocycles. The van der Waals surface area contributed by atoms with Gasteiger partial charge >= 0.3 is 0 Å². The number of nitrogens with zero attached hydrogens (tertiary/aromatic N) is 1. The molecule has 0 bridgehead atoms. The quantitative estimate of drug-likeness (QED) is 0.658. The molecule has 2 aromatic rings. The molecule has 7 heteroatoms. The molecule has 0 radical (unpaired) electrons. The average molecular weight is 357 g/mol. The monoisotopic (exact) mass is 357 g/mol. The van der Waals surface area contributed by atoms with Crippen LogP contribution in [0.5, 0.6) is 0 Å². The summed E-state index contributed by atoms with van der Waals surface area (Å²) in [6.45, 7) is 1.95. The number of rotatable bonds is 5. The largest absolute Gasteiger partial charge is 0.365 e. The molecule has 1 fully saturated rings. The number of pyridine rings is 1. The number of nitrogens with two attached hydrogens (primary N) is 2. The highest BCUT2D eigenvalue weighted by atomic mass is 19.1. The van der Waals surface area contributed by atoms with Crippen LogP contribution in [0.3, 0.4) is 0 Å². The molecule has 0 saturated heterocycles. The van der Waals surface area contributed by atoms with Gasteiger partial charge in [0.1, 0.15) is 5.82 Å². The second-order valence-corrected chi connectivity index (χ2v) is 6.77. The molecule has 6 N–H and O–H groups in total. The molecule has 1 amide bonds. The lowest BCUT2D eigenvalue weighted by Gasteiger charge is -2.30. The summed E-state index contributed by atoms with van der Waals surface area (Å²) in [5.74, 6) is -1.07. The van der Waals surface area contributed by atoms with Crippen LogP contribution in [0.2, 0.25) is 0 Å². The summed E-state index contributed by atoms with van der Waals surface area (Å²) in [4.78, 5) is 16.0. The van der Waals surface area contributed by atoms with E-state index in [4.69, 9.17) is 11.5 Å². The third kappa shape index (κ3) is 4.11. The van der Waals surface area contributed by atoms with E-state index in [2.05, 4.69) is 15.6 Å². The molecule has 0 aliphatic heterocycles. The first-order valence-corrected chi connectivity index (χ1v) is 8.80. The third-order valence-corrected chi connectivity index (χ3v) is 4.66. The summed E-state index contributed by atoms with van der Waals surface area (Å²) in [5.41, 5.74) is 13.3. The molecule has 1 heterocycles. The van der Waals surface area contributed by atoms with E-state index in [1.165, 1.54) is 0 Å². The van der Waals surface area contributed by atoms with Gasteiger partial charge in [0.2, 0.25) is 0 Å². The van der Waals surface area contributed by atoms with Gasteiger partial charge in [0.05, 0.1) is 5.56 Å². The number of carbonyl (C=O) groups excluding carboxylic acids is 1. The van der Waals surface area contributed by atoms with Crippen molar-refractivity contribution in [3.8, 4) is 0 Å². The number of hydrogen-bond acceptors (Lipinski definition) is 5. The van der Waals surface area contributed by atoms with E-state index >= 15 is 0 Å². The first-order valence-electron chi connectivity index (χ1n) is 8.80. The van der Waals surface area contributed by atoms with E-state index < -0.39 is 11.7 Å². The predicted molar refractivity (Wildman–Crippen MR) is 101 cm³/mol. The van der Waals surface area contributed by atoms with E-state index in [1.54, 1.807) is 0 Å². The van der Waals surface area contributed by atoms with Gasteiger partial charge in [-0.25, -0.2) is 9.37 Å². The Morgan fingerprint density at radius 1 is 1.23 bits per heavy atom. The zero-order chi connectivity index (χ0) is 18.7. The Labute approximate surface area is 152 Å². The Morgan fingerprint density at radius 3 is 2.69 bits per heavy atom. The number of nitrogens with one attached hydrogen (secondary N) is 2. The zero-order valence-electron chi connectivity index (χ0n) is 14.8. The van der Waals surface area contributed by atoms with Gasteiger partial charge in [0.25, 0.3) is 5.91 Å². The van der Waals surface area contributed by atoms with E-state index in [-0.39, 0.29) is 29.3 Å². The summed E-state index contributed by atoms with van der Waals surface area (Å²) >= 11 is 0. The molecule has 1 aliphatic carbocycles. The normalized spacial score (nSPS) is 19.8. The second kappa shape index (κ2) is 7.70. The number of aryl methyl sites for hydroxylation is 1. The summed E-state index contributed by atoms with van der Waals surface area (Å²) in [7, 11) is 0. The number of carbonyl (C=O) groups is 1. The predicted octanol–water partition coefficient (Wildman–Crippen LogP) is 3.05. The van der Waals surface area contributed by atoms with E-state index in [1.807, 2.05) is 31.2 Å². The van der Waals surface area contributed by atoms with Crippen molar-refractivity contribution in [2.75, 3.05) is 10.6 Å². The van der Waals surface area contributed by atoms with E-state index in [0.29, 0.717) is 0 Å². The standard InChI is InChI=1S/C19H24FN5O/c1-11-5-4-6-12(9-11)23-18-13(17(22)26)10-14(20)19(25-18)24-16-8-3-2-7-15(16)21/h4-6,9-10,15-16H,2-3,7-8,21H2,1H3,(H2,22,26)(H2,23,24,25)/t15-,16+/m0/s1. The van der Waals surface area contributed by atoms with Gasteiger partial charge in [-0.2, -0.15) is 0 Å². The lowest BCUT2D eigenvalue weighted by Crippen LogP contribution is -2.43. The maximum atomic E-state index is 14.5. The van der Waals surface area contributed by atoms with Crippen LogP contribution in [0.15, 0.2) is 30.3 Å². The summed E-state index contributed by atoms with van der Waals surface area (Å²) in [5, 5.41) is 6.16. The van der Waals surface area contributed by atoms with Gasteiger partial charge in [-0.3, -0.25) is 4.79 Å². The molecule has 2 atom stereocenters. The van der Waals surface area contributed by atoms with Crippen molar-refractivity contribution in [3.05, 3.63) is 47.3 Å². The first kappa shape index (κ1) is 18.1. The van der Waals surface area contributed by atoms with Crippen LogP contribution < -0.4 is 22.1 Å². The molecule has 3 rings (SSSR count). The number of aromatic nitrogens is 1. The lowest BCUT2D eigenvalue weighted by atomic mass is 9.91. The number of hydrogen-bond donors (Lipinski definition) is 4. The first-order chi connectivity index (χ1) is 12.4. The molecule has 6 nitrogen and oxygen atoms in total. The topological polar surface area (TPSA) is 106 Å². The van der Waals surface area contributed by atoms with Crippen LogP contribution in [0, 0.1) is 12.7 Å². The van der Waals surface area contributed by atoms with Crippen LogP contribution in [-0.2, 0) is 0 Å². The van der Waals surface area contributed by atoms with Crippen molar-refractivity contribution in [2.24, 2.45) is 11.5 Å². The molecule has 26 heavy (non-hydrogen) atoms. The minimum Gasteiger partial charge on any atom is -0.365 e. The van der Waals surface area contributed by atoms with Gasteiger partial charge in [0, 0.05) is 17.8 Å². The summed E-state index contributed by atoms with van der Waals surface area (Å²) in [6, 6.07) is 8.60. The third-order valence-electron chi connectivity index (χ3n) is 4.66. The van der Waals surface area contributed by atoms with Gasteiger partial charge in [-0.15, -0.1) is 0 Å². The van der Waals surface area contributed by atoms with Crippen LogP contribution in [0.25, 0.3) is 0 Å². The Kier molecular flexibility index (Phi) is 5.37.